The van der Waals surface area contributed by atoms with Crippen molar-refractivity contribution in [2.24, 2.45) is 4.99 Å². The van der Waals surface area contributed by atoms with Gasteiger partial charge in [0.15, 0.2) is 0 Å². The molecule has 3 atom stereocenters. The van der Waals surface area contributed by atoms with Gasteiger partial charge < -0.3 is 15.3 Å². The van der Waals surface area contributed by atoms with Gasteiger partial charge in [-0.15, -0.1) is 10.2 Å². The molecule has 1 fully saturated rings. The van der Waals surface area contributed by atoms with Gasteiger partial charge in [-0.05, 0) is 69.3 Å². The second kappa shape index (κ2) is 9.09. The number of aromatic nitrogens is 3. The largest absolute Gasteiger partial charge is 0.507 e. The molecule has 8 heteroatoms. The second-order valence-electron chi connectivity index (χ2n) is 7.36. The molecule has 2 aromatic rings. The molecule has 154 valence electrons. The Kier molecular flexibility index (Phi) is 6.53. The van der Waals surface area contributed by atoms with Gasteiger partial charge in [0.2, 0.25) is 5.95 Å². The van der Waals surface area contributed by atoms with Gasteiger partial charge in [0.05, 0.1) is 12.2 Å². The van der Waals surface area contributed by atoms with Crippen molar-refractivity contribution in [1.82, 2.24) is 20.5 Å². The Morgan fingerprint density at radius 1 is 1.34 bits per heavy atom. The van der Waals surface area contributed by atoms with Gasteiger partial charge >= 0.3 is 0 Å². The first kappa shape index (κ1) is 20.9. The Morgan fingerprint density at radius 2 is 2.14 bits per heavy atom. The van der Waals surface area contributed by atoms with Crippen LogP contribution in [0, 0.1) is 6.92 Å². The molecular formula is C21H27FN6O. The van der Waals surface area contributed by atoms with Crippen LogP contribution in [0.2, 0.25) is 0 Å². The van der Waals surface area contributed by atoms with E-state index in [1.54, 1.807) is 42.6 Å². The van der Waals surface area contributed by atoms with Crippen molar-refractivity contribution in [3.05, 3.63) is 35.7 Å². The second-order valence-corrected chi connectivity index (χ2v) is 7.36. The fourth-order valence-electron chi connectivity index (χ4n) is 3.70. The molecule has 0 saturated heterocycles. The topological polar surface area (TPSA) is 86.5 Å². The highest BCUT2D eigenvalue weighted by atomic mass is 19.1. The lowest BCUT2D eigenvalue weighted by atomic mass is 9.89. The Labute approximate surface area is 170 Å². The van der Waals surface area contributed by atoms with Gasteiger partial charge in [0.1, 0.15) is 17.6 Å². The Morgan fingerprint density at radius 3 is 2.79 bits per heavy atom. The first-order valence-corrected chi connectivity index (χ1v) is 9.64. The molecule has 2 N–H and O–H groups in total. The van der Waals surface area contributed by atoms with Crippen molar-refractivity contribution < 1.29 is 9.50 Å². The van der Waals surface area contributed by atoms with E-state index in [1.165, 1.54) is 0 Å². The first-order valence-electron chi connectivity index (χ1n) is 9.64. The smallest absolute Gasteiger partial charge is 0.245 e. The van der Waals surface area contributed by atoms with Crippen LogP contribution in [0.25, 0.3) is 17.3 Å². The summed E-state index contributed by atoms with van der Waals surface area (Å²) in [6.07, 6.45) is 6.03. The number of halogens is 1. The average molecular weight is 398 g/mol. The zero-order chi connectivity index (χ0) is 21.0. The van der Waals surface area contributed by atoms with Crippen LogP contribution in [0.5, 0.6) is 5.75 Å². The molecule has 1 aliphatic rings. The van der Waals surface area contributed by atoms with Crippen molar-refractivity contribution in [1.29, 1.82) is 0 Å². The van der Waals surface area contributed by atoms with Crippen LogP contribution in [0.4, 0.5) is 10.3 Å². The van der Waals surface area contributed by atoms with Gasteiger partial charge in [-0.25, -0.2) is 9.37 Å². The standard InChI is InChI=1S/C21H27FN6O/c1-13-9-20(29)16(10-14(13)7-8-23-2)18-12-25-21(27-26-18)28(4)19-11-15(24-3)5-6-17(19)22/h7-10,12,15,17,19,24,29H,2,5-6,11H2,1,3-4H3/b8-7-/t15?,17?,19-/m0/s1. The minimum absolute atomic E-state index is 0.0939. The highest BCUT2D eigenvalue weighted by Crippen LogP contribution is 2.32. The Bertz CT molecular complexity index is 885. The number of aryl methyl sites for hydroxylation is 1. The summed E-state index contributed by atoms with van der Waals surface area (Å²) in [6, 6.07) is 3.44. The van der Waals surface area contributed by atoms with Crippen molar-refractivity contribution in [2.75, 3.05) is 19.0 Å². The number of aliphatic imine (C=N–C) groups is 1. The number of aromatic hydroxyl groups is 1. The molecule has 0 aliphatic heterocycles. The number of rotatable bonds is 6. The molecule has 0 amide bonds. The Hall–Kier alpha value is -2.87. The summed E-state index contributed by atoms with van der Waals surface area (Å²) in [4.78, 5) is 9.85. The van der Waals surface area contributed by atoms with Gasteiger partial charge in [-0.1, -0.05) is 0 Å². The van der Waals surface area contributed by atoms with E-state index in [4.69, 9.17) is 0 Å². The molecule has 1 aromatic heterocycles. The lowest BCUT2D eigenvalue weighted by molar-refractivity contribution is 0.188. The summed E-state index contributed by atoms with van der Waals surface area (Å²) in [5.41, 5.74) is 2.74. The maximum Gasteiger partial charge on any atom is 0.245 e. The SMILES string of the molecule is C=N/C=C\c1cc(-c2cnc(N(C)[C@H]3CC(NC)CCC3F)nn2)c(O)cc1C. The number of phenols is 1. The third-order valence-electron chi connectivity index (χ3n) is 5.52. The van der Waals surface area contributed by atoms with Crippen LogP contribution in [-0.4, -0.2) is 59.4 Å². The van der Waals surface area contributed by atoms with Crippen LogP contribution >= 0.6 is 0 Å². The number of anilines is 1. The van der Waals surface area contributed by atoms with E-state index in [9.17, 15) is 9.50 Å². The number of alkyl halides is 1. The fourth-order valence-corrected chi connectivity index (χ4v) is 3.70. The predicted octanol–water partition coefficient (Wildman–Crippen LogP) is 3.14. The van der Waals surface area contributed by atoms with Crippen LogP contribution < -0.4 is 10.2 Å². The number of hydrogen-bond donors (Lipinski definition) is 2. The summed E-state index contributed by atoms with van der Waals surface area (Å²) in [5.74, 6) is 0.456. The Balaban J connectivity index is 1.85. The first-order chi connectivity index (χ1) is 13.9. The molecule has 0 spiro atoms. The number of hydrogen-bond acceptors (Lipinski definition) is 7. The molecule has 1 aliphatic carbocycles. The lowest BCUT2D eigenvalue weighted by Gasteiger charge is -2.37. The van der Waals surface area contributed by atoms with E-state index >= 15 is 0 Å². The van der Waals surface area contributed by atoms with E-state index in [1.807, 2.05) is 14.0 Å². The van der Waals surface area contributed by atoms with E-state index in [0.29, 0.717) is 30.0 Å². The van der Waals surface area contributed by atoms with Gasteiger partial charge in [0, 0.05) is 24.9 Å². The maximum absolute atomic E-state index is 14.5. The predicted molar refractivity (Wildman–Crippen MR) is 114 cm³/mol. The molecule has 0 bridgehead atoms. The molecule has 7 nitrogen and oxygen atoms in total. The van der Waals surface area contributed by atoms with Crippen LogP contribution in [0.15, 0.2) is 29.5 Å². The van der Waals surface area contributed by atoms with E-state index in [0.717, 1.165) is 17.5 Å². The zero-order valence-corrected chi connectivity index (χ0v) is 17.0. The number of benzene rings is 1. The minimum Gasteiger partial charge on any atom is -0.507 e. The summed E-state index contributed by atoms with van der Waals surface area (Å²) in [6.45, 7) is 5.32. The monoisotopic (exact) mass is 398 g/mol. The quantitative estimate of drug-likeness (QED) is 0.727. The van der Waals surface area contributed by atoms with E-state index < -0.39 is 6.17 Å². The van der Waals surface area contributed by atoms with Crippen molar-refractivity contribution in [3.63, 3.8) is 0 Å². The van der Waals surface area contributed by atoms with Crippen LogP contribution in [-0.2, 0) is 0 Å². The molecule has 3 rings (SSSR count). The molecule has 2 unspecified atom stereocenters. The summed E-state index contributed by atoms with van der Waals surface area (Å²) >= 11 is 0. The number of phenolic OH excluding ortho intramolecular Hbond substituents is 1. The van der Waals surface area contributed by atoms with Gasteiger partial charge in [-0.3, -0.25) is 4.99 Å². The third-order valence-corrected chi connectivity index (χ3v) is 5.52. The maximum atomic E-state index is 14.5. The number of nitrogens with zero attached hydrogens (tertiary/aromatic N) is 5. The third kappa shape index (κ3) is 4.59. The minimum atomic E-state index is -0.929. The molecule has 1 aromatic carbocycles. The van der Waals surface area contributed by atoms with Crippen molar-refractivity contribution in [2.45, 2.75) is 44.4 Å². The van der Waals surface area contributed by atoms with E-state index in [-0.39, 0.29) is 17.8 Å². The van der Waals surface area contributed by atoms with E-state index in [2.05, 4.69) is 32.2 Å². The summed E-state index contributed by atoms with van der Waals surface area (Å²) in [7, 11) is 3.69. The molecule has 29 heavy (non-hydrogen) atoms. The molecular weight excluding hydrogens is 371 g/mol. The highest BCUT2D eigenvalue weighted by molar-refractivity contribution is 5.72. The fraction of sp³-hybridized carbons (Fsp3) is 0.429. The van der Waals surface area contributed by atoms with Gasteiger partial charge in [0.25, 0.3) is 0 Å². The summed E-state index contributed by atoms with van der Waals surface area (Å²) < 4.78 is 14.5. The molecule has 1 saturated carbocycles. The van der Waals surface area contributed by atoms with Crippen LogP contribution in [0.1, 0.15) is 30.4 Å². The zero-order valence-electron chi connectivity index (χ0n) is 17.0. The average Bonchev–Trinajstić information content (AvgIpc) is 2.73. The highest BCUT2D eigenvalue weighted by Gasteiger charge is 2.33. The summed E-state index contributed by atoms with van der Waals surface area (Å²) in [5, 5.41) is 22.0. The molecule has 1 heterocycles. The van der Waals surface area contributed by atoms with Crippen molar-refractivity contribution in [3.8, 4) is 17.0 Å². The molecule has 0 radical (unpaired) electrons. The van der Waals surface area contributed by atoms with Crippen molar-refractivity contribution >= 4 is 18.7 Å². The lowest BCUT2D eigenvalue weighted by Crippen LogP contribution is -2.48. The number of nitrogens with one attached hydrogen (secondary N) is 1. The van der Waals surface area contributed by atoms with Gasteiger partial charge in [-0.2, -0.15) is 0 Å². The normalized spacial score (nSPS) is 22.0. The van der Waals surface area contributed by atoms with Crippen LogP contribution in [0.3, 0.4) is 0 Å².